The maximum Gasteiger partial charge on any atom is 0.337 e. The van der Waals surface area contributed by atoms with Crippen molar-refractivity contribution in [2.45, 2.75) is 25.5 Å². The molecule has 178 valence electrons. The Labute approximate surface area is 201 Å². The topological polar surface area (TPSA) is 100 Å². The average molecular weight is 486 g/mol. The van der Waals surface area contributed by atoms with Crippen LogP contribution in [-0.2, 0) is 16.1 Å². The summed E-state index contributed by atoms with van der Waals surface area (Å²) in [5.74, 6) is -0.615. The first-order valence-corrected chi connectivity index (χ1v) is 11.0. The predicted octanol–water partition coefficient (Wildman–Crippen LogP) is 3.74. The first kappa shape index (κ1) is 23.6. The fourth-order valence-corrected chi connectivity index (χ4v) is 4.66. The van der Waals surface area contributed by atoms with Gasteiger partial charge in [0.2, 0.25) is 11.4 Å². The van der Waals surface area contributed by atoms with Gasteiger partial charge in [-0.2, -0.15) is 0 Å². The van der Waals surface area contributed by atoms with Crippen molar-refractivity contribution in [3.63, 3.8) is 0 Å². The van der Waals surface area contributed by atoms with Crippen LogP contribution in [0.1, 0.15) is 39.6 Å². The molecule has 0 saturated carbocycles. The Morgan fingerprint density at radius 1 is 1.15 bits per heavy atom. The van der Waals surface area contributed by atoms with Crippen molar-refractivity contribution in [3.8, 4) is 17.2 Å². The van der Waals surface area contributed by atoms with Crippen LogP contribution in [0.4, 0.5) is 0 Å². The highest BCUT2D eigenvalue weighted by Crippen LogP contribution is 2.54. The van der Waals surface area contributed by atoms with Gasteiger partial charge in [0, 0.05) is 31.0 Å². The molecule has 1 aliphatic heterocycles. The van der Waals surface area contributed by atoms with E-state index in [9.17, 15) is 14.4 Å². The van der Waals surface area contributed by atoms with Crippen LogP contribution in [0, 0.1) is 5.92 Å². The molecule has 0 bridgehead atoms. The molecule has 0 unspecified atom stereocenters. The van der Waals surface area contributed by atoms with Crippen LogP contribution in [0.5, 0.6) is 17.2 Å². The molecule has 2 aromatic carbocycles. The monoisotopic (exact) mass is 485 g/mol. The van der Waals surface area contributed by atoms with Crippen LogP contribution in [0.15, 0.2) is 42.1 Å². The number of hydrogen-bond acceptors (Lipinski definition) is 8. The number of allylic oxidation sites excluding steroid dienone is 1. The maximum atomic E-state index is 13.8. The van der Waals surface area contributed by atoms with E-state index in [-0.39, 0.29) is 46.6 Å². The van der Waals surface area contributed by atoms with E-state index in [0.29, 0.717) is 17.0 Å². The number of ketones is 2. The van der Waals surface area contributed by atoms with Gasteiger partial charge in [-0.05, 0) is 17.7 Å². The molecule has 2 aromatic rings. The van der Waals surface area contributed by atoms with Crippen LogP contribution >= 0.6 is 11.6 Å². The lowest BCUT2D eigenvalue weighted by Crippen LogP contribution is -2.54. The smallest absolute Gasteiger partial charge is 0.337 e. The average Bonchev–Trinajstić information content (AvgIpc) is 3.15. The van der Waals surface area contributed by atoms with Gasteiger partial charge < -0.3 is 24.3 Å². The summed E-state index contributed by atoms with van der Waals surface area (Å²) in [5.41, 5.74) is 0.334. The maximum absolute atomic E-state index is 13.8. The summed E-state index contributed by atoms with van der Waals surface area (Å²) in [6.45, 7) is 2.08. The van der Waals surface area contributed by atoms with E-state index < -0.39 is 17.5 Å². The summed E-state index contributed by atoms with van der Waals surface area (Å²) in [6, 6.07) is 8.35. The minimum absolute atomic E-state index is 0.121. The van der Waals surface area contributed by atoms with Crippen molar-refractivity contribution in [1.82, 2.24) is 5.32 Å². The molecule has 1 N–H and O–H groups in total. The van der Waals surface area contributed by atoms with E-state index in [1.54, 1.807) is 37.3 Å². The van der Waals surface area contributed by atoms with Gasteiger partial charge >= 0.3 is 5.97 Å². The zero-order valence-corrected chi connectivity index (χ0v) is 19.9. The molecular weight excluding hydrogens is 462 g/mol. The number of hydrogen-bond donors (Lipinski definition) is 1. The lowest BCUT2D eigenvalue weighted by molar-refractivity contribution is -0.117. The number of fused-ring (bicyclic) bond motifs is 1. The van der Waals surface area contributed by atoms with Gasteiger partial charge in [0.15, 0.2) is 11.5 Å². The molecule has 34 heavy (non-hydrogen) atoms. The molecule has 2 aliphatic rings. The van der Waals surface area contributed by atoms with E-state index in [1.165, 1.54) is 27.4 Å². The summed E-state index contributed by atoms with van der Waals surface area (Å²) in [7, 11) is 4.22. The number of rotatable bonds is 6. The second-order valence-electron chi connectivity index (χ2n) is 8.14. The molecule has 0 saturated heterocycles. The zero-order chi connectivity index (χ0) is 24.6. The van der Waals surface area contributed by atoms with Gasteiger partial charge in [-0.1, -0.05) is 30.7 Å². The number of methoxy groups -OCH3 is 3. The molecule has 0 radical (unpaired) electrons. The van der Waals surface area contributed by atoms with E-state index in [0.717, 1.165) is 5.56 Å². The second-order valence-corrected chi connectivity index (χ2v) is 8.52. The van der Waals surface area contributed by atoms with Crippen LogP contribution in [0.25, 0.3) is 0 Å². The van der Waals surface area contributed by atoms with Crippen molar-refractivity contribution in [1.29, 1.82) is 0 Å². The molecule has 9 heteroatoms. The number of esters is 1. The van der Waals surface area contributed by atoms with E-state index in [4.69, 9.17) is 30.5 Å². The predicted molar refractivity (Wildman–Crippen MR) is 124 cm³/mol. The number of Topliss-reactive ketones (excluding diaryl/α,β-unsaturated/α-hetero) is 1. The Bertz CT molecular complexity index is 1200. The van der Waals surface area contributed by atoms with Crippen molar-refractivity contribution < 1.29 is 33.3 Å². The summed E-state index contributed by atoms with van der Waals surface area (Å²) >= 11 is 6.50. The third kappa shape index (κ3) is 3.68. The molecule has 8 nitrogen and oxygen atoms in total. The molecule has 1 heterocycles. The Morgan fingerprint density at radius 3 is 2.44 bits per heavy atom. The molecule has 0 fully saturated rings. The largest absolute Gasteiger partial charge is 0.496 e. The van der Waals surface area contributed by atoms with Crippen molar-refractivity contribution in [2.75, 3.05) is 21.3 Å². The van der Waals surface area contributed by atoms with E-state index in [1.807, 2.05) is 0 Å². The van der Waals surface area contributed by atoms with Crippen molar-refractivity contribution in [2.24, 2.45) is 5.92 Å². The first-order chi connectivity index (χ1) is 16.3. The highest BCUT2D eigenvalue weighted by Gasteiger charge is 2.58. The third-order valence-corrected chi connectivity index (χ3v) is 6.54. The first-order valence-electron chi connectivity index (χ1n) is 10.6. The fourth-order valence-electron chi connectivity index (χ4n) is 4.40. The third-order valence-electron chi connectivity index (χ3n) is 6.18. The number of carbonyl (C=O) groups excluding carboxylic acids is 3. The molecule has 0 amide bonds. The van der Waals surface area contributed by atoms with Crippen LogP contribution in [0.2, 0.25) is 5.02 Å². The summed E-state index contributed by atoms with van der Waals surface area (Å²) in [5, 5.41) is 3.37. The van der Waals surface area contributed by atoms with Gasteiger partial charge in [-0.3, -0.25) is 9.59 Å². The van der Waals surface area contributed by atoms with Crippen molar-refractivity contribution >= 4 is 29.1 Å². The second kappa shape index (κ2) is 9.02. The molecule has 4 rings (SSSR count). The van der Waals surface area contributed by atoms with Gasteiger partial charge in [-0.15, -0.1) is 0 Å². The highest BCUT2D eigenvalue weighted by molar-refractivity contribution is 6.35. The lowest BCUT2D eigenvalue weighted by Gasteiger charge is -2.38. The number of ether oxygens (including phenoxy) is 4. The number of nitrogens with one attached hydrogen (secondary N) is 1. The Morgan fingerprint density at radius 2 is 1.82 bits per heavy atom. The lowest BCUT2D eigenvalue weighted by atomic mass is 9.74. The molecule has 1 spiro atoms. The minimum Gasteiger partial charge on any atom is -0.496 e. The summed E-state index contributed by atoms with van der Waals surface area (Å²) in [6.07, 6.45) is 1.54. The SMILES string of the molecule is COC(=O)c1ccc(CNC2=CC(=O)C[C@@H](C)[C@]23Oc2c(Cl)c(OC)cc(OC)c2C3=O)cc1. The summed E-state index contributed by atoms with van der Waals surface area (Å²) in [4.78, 5) is 38.0. The highest BCUT2D eigenvalue weighted by atomic mass is 35.5. The normalized spacial score (nSPS) is 21.0. The van der Waals surface area contributed by atoms with E-state index >= 15 is 0 Å². The van der Waals surface area contributed by atoms with Crippen molar-refractivity contribution in [3.05, 3.63) is 63.8 Å². The van der Waals surface area contributed by atoms with Gasteiger partial charge in [0.25, 0.3) is 0 Å². The van der Waals surface area contributed by atoms with E-state index in [2.05, 4.69) is 5.32 Å². The zero-order valence-electron chi connectivity index (χ0n) is 19.2. The van der Waals surface area contributed by atoms with Gasteiger partial charge in [0.05, 0.1) is 32.6 Å². The molecular formula is C25H24ClNO7. The Balaban J connectivity index is 1.70. The van der Waals surface area contributed by atoms with Crippen LogP contribution in [-0.4, -0.2) is 44.5 Å². The fraction of sp³-hybridized carbons (Fsp3) is 0.320. The molecule has 2 atom stereocenters. The Hall–Kier alpha value is -3.52. The summed E-state index contributed by atoms with van der Waals surface area (Å²) < 4.78 is 21.8. The molecule has 0 aromatic heterocycles. The Kier molecular flexibility index (Phi) is 6.27. The number of halogens is 1. The number of benzene rings is 2. The minimum atomic E-state index is -1.47. The molecule has 1 aliphatic carbocycles. The quantitative estimate of drug-likeness (QED) is 0.618. The number of carbonyl (C=O) groups is 3. The van der Waals surface area contributed by atoms with Gasteiger partial charge in [-0.25, -0.2) is 4.79 Å². The van der Waals surface area contributed by atoms with Gasteiger partial charge in [0.1, 0.15) is 22.1 Å². The standard InChI is InChI=1S/C25H24ClNO7/c1-13-9-16(28)10-19(27-12-14-5-7-15(8-6-14)24(30)33-4)25(13)23(29)20-17(31-2)11-18(32-3)21(26)22(20)34-25/h5-8,10-11,13,27H,9,12H2,1-4H3/t13-,25+/m1/s1. The van der Waals surface area contributed by atoms with Crippen LogP contribution < -0.4 is 19.5 Å². The van der Waals surface area contributed by atoms with Crippen LogP contribution in [0.3, 0.4) is 0 Å².